The SMILES string of the molecule is COc1ccccc1Nc1nccc(Cl)n1. The van der Waals surface area contributed by atoms with Crippen molar-refractivity contribution >= 4 is 23.2 Å². The maximum atomic E-state index is 5.76. The zero-order valence-electron chi connectivity index (χ0n) is 8.64. The van der Waals surface area contributed by atoms with Gasteiger partial charge in [-0.2, -0.15) is 0 Å². The molecule has 0 amide bonds. The van der Waals surface area contributed by atoms with E-state index in [-0.39, 0.29) is 0 Å². The van der Waals surface area contributed by atoms with Crippen LogP contribution in [0.15, 0.2) is 36.5 Å². The minimum atomic E-state index is 0.396. The summed E-state index contributed by atoms with van der Waals surface area (Å²) in [5, 5.41) is 3.43. The lowest BCUT2D eigenvalue weighted by Crippen LogP contribution is -1.98. The van der Waals surface area contributed by atoms with Crippen molar-refractivity contribution < 1.29 is 4.74 Å². The van der Waals surface area contributed by atoms with Crippen molar-refractivity contribution in [3.05, 3.63) is 41.7 Å². The van der Waals surface area contributed by atoms with Crippen LogP contribution in [0.2, 0.25) is 5.15 Å². The first kappa shape index (κ1) is 10.7. The zero-order valence-corrected chi connectivity index (χ0v) is 9.40. The van der Waals surface area contributed by atoms with Gasteiger partial charge in [0.2, 0.25) is 5.95 Å². The van der Waals surface area contributed by atoms with Crippen molar-refractivity contribution in [3.8, 4) is 5.75 Å². The predicted molar refractivity (Wildman–Crippen MR) is 63.3 cm³/mol. The number of hydrogen-bond donors (Lipinski definition) is 1. The molecule has 0 fully saturated rings. The van der Waals surface area contributed by atoms with Crippen LogP contribution in [0, 0.1) is 0 Å². The number of benzene rings is 1. The Morgan fingerprint density at radius 1 is 1.25 bits per heavy atom. The predicted octanol–water partition coefficient (Wildman–Crippen LogP) is 2.88. The molecule has 2 rings (SSSR count). The van der Waals surface area contributed by atoms with Gasteiger partial charge in [0, 0.05) is 6.20 Å². The average molecular weight is 236 g/mol. The second-order valence-corrected chi connectivity index (χ2v) is 3.42. The van der Waals surface area contributed by atoms with E-state index in [4.69, 9.17) is 16.3 Å². The number of ether oxygens (including phenoxy) is 1. The molecule has 5 heteroatoms. The van der Waals surface area contributed by atoms with Crippen LogP contribution in [0.4, 0.5) is 11.6 Å². The summed E-state index contributed by atoms with van der Waals surface area (Å²) in [6.07, 6.45) is 1.59. The molecular weight excluding hydrogens is 226 g/mol. The summed E-state index contributed by atoms with van der Waals surface area (Å²) in [4.78, 5) is 8.08. The molecule has 0 unspecified atom stereocenters. The fourth-order valence-corrected chi connectivity index (χ4v) is 1.40. The van der Waals surface area contributed by atoms with E-state index in [1.165, 1.54) is 0 Å². The van der Waals surface area contributed by atoms with Gasteiger partial charge >= 0.3 is 0 Å². The molecule has 1 aromatic heterocycles. The molecule has 0 atom stereocenters. The summed E-state index contributed by atoms with van der Waals surface area (Å²) in [6, 6.07) is 9.14. The smallest absolute Gasteiger partial charge is 0.228 e. The van der Waals surface area contributed by atoms with Crippen LogP contribution >= 0.6 is 11.6 Å². The van der Waals surface area contributed by atoms with Gasteiger partial charge in [0.15, 0.2) is 0 Å². The number of halogens is 1. The molecule has 0 spiro atoms. The Morgan fingerprint density at radius 2 is 2.06 bits per heavy atom. The topological polar surface area (TPSA) is 47.0 Å². The molecular formula is C11H10ClN3O. The lowest BCUT2D eigenvalue weighted by molar-refractivity contribution is 0.417. The van der Waals surface area contributed by atoms with Crippen LogP contribution in [0.3, 0.4) is 0 Å². The molecule has 0 saturated heterocycles. The maximum Gasteiger partial charge on any atom is 0.228 e. The minimum absolute atomic E-state index is 0.396. The second kappa shape index (κ2) is 4.81. The molecule has 1 aromatic carbocycles. The number of nitrogens with one attached hydrogen (secondary N) is 1. The molecule has 0 aliphatic heterocycles. The van der Waals surface area contributed by atoms with Gasteiger partial charge < -0.3 is 10.1 Å². The van der Waals surface area contributed by atoms with Crippen molar-refractivity contribution in [2.24, 2.45) is 0 Å². The van der Waals surface area contributed by atoms with Crippen molar-refractivity contribution in [1.29, 1.82) is 0 Å². The molecule has 1 N–H and O–H groups in total. The molecule has 0 radical (unpaired) electrons. The van der Waals surface area contributed by atoms with E-state index in [1.807, 2.05) is 24.3 Å². The Balaban J connectivity index is 2.26. The number of para-hydroxylation sites is 2. The largest absolute Gasteiger partial charge is 0.495 e. The third-order valence-corrected chi connectivity index (χ3v) is 2.19. The van der Waals surface area contributed by atoms with Gasteiger partial charge in [-0.3, -0.25) is 0 Å². The molecule has 16 heavy (non-hydrogen) atoms. The van der Waals surface area contributed by atoms with Crippen LogP contribution in [-0.4, -0.2) is 17.1 Å². The van der Waals surface area contributed by atoms with E-state index >= 15 is 0 Å². The Morgan fingerprint density at radius 3 is 2.81 bits per heavy atom. The van der Waals surface area contributed by atoms with E-state index in [2.05, 4.69) is 15.3 Å². The monoisotopic (exact) mass is 235 g/mol. The van der Waals surface area contributed by atoms with Gasteiger partial charge in [-0.1, -0.05) is 23.7 Å². The first-order chi connectivity index (χ1) is 7.79. The molecule has 82 valence electrons. The van der Waals surface area contributed by atoms with Crippen LogP contribution < -0.4 is 10.1 Å². The van der Waals surface area contributed by atoms with Crippen molar-refractivity contribution in [1.82, 2.24) is 9.97 Å². The first-order valence-electron chi connectivity index (χ1n) is 4.68. The maximum absolute atomic E-state index is 5.76. The van der Waals surface area contributed by atoms with Gasteiger partial charge in [0.25, 0.3) is 0 Å². The summed E-state index contributed by atoms with van der Waals surface area (Å²) in [5.41, 5.74) is 0.798. The van der Waals surface area contributed by atoms with Gasteiger partial charge in [-0.05, 0) is 18.2 Å². The number of anilines is 2. The zero-order chi connectivity index (χ0) is 11.4. The summed E-state index contributed by atoms with van der Waals surface area (Å²) < 4.78 is 5.20. The van der Waals surface area contributed by atoms with Crippen LogP contribution in [0.25, 0.3) is 0 Å². The summed E-state index contributed by atoms with van der Waals surface area (Å²) in [6.45, 7) is 0. The Labute approximate surface area is 98.3 Å². The fourth-order valence-electron chi connectivity index (χ4n) is 1.27. The Hall–Kier alpha value is -1.81. The fraction of sp³-hybridized carbons (Fsp3) is 0.0909. The Bertz CT molecular complexity index is 490. The molecule has 0 aliphatic carbocycles. The van der Waals surface area contributed by atoms with Gasteiger partial charge in [-0.15, -0.1) is 0 Å². The third kappa shape index (κ3) is 2.41. The molecule has 4 nitrogen and oxygen atoms in total. The first-order valence-corrected chi connectivity index (χ1v) is 5.06. The lowest BCUT2D eigenvalue weighted by atomic mass is 10.3. The van der Waals surface area contributed by atoms with Crippen molar-refractivity contribution in [2.75, 3.05) is 12.4 Å². The van der Waals surface area contributed by atoms with E-state index in [9.17, 15) is 0 Å². The van der Waals surface area contributed by atoms with Gasteiger partial charge in [-0.25, -0.2) is 9.97 Å². The normalized spacial score (nSPS) is 9.88. The highest BCUT2D eigenvalue weighted by molar-refractivity contribution is 6.29. The molecule has 0 bridgehead atoms. The van der Waals surface area contributed by atoms with E-state index in [0.717, 1.165) is 11.4 Å². The number of methoxy groups -OCH3 is 1. The summed E-state index contributed by atoms with van der Waals surface area (Å²) in [7, 11) is 1.61. The number of rotatable bonds is 3. The molecule has 0 aliphatic rings. The van der Waals surface area contributed by atoms with E-state index in [1.54, 1.807) is 19.4 Å². The van der Waals surface area contributed by atoms with Gasteiger partial charge in [0.1, 0.15) is 10.9 Å². The van der Waals surface area contributed by atoms with E-state index in [0.29, 0.717) is 11.1 Å². The van der Waals surface area contributed by atoms with Crippen LogP contribution in [0.1, 0.15) is 0 Å². The second-order valence-electron chi connectivity index (χ2n) is 3.03. The van der Waals surface area contributed by atoms with E-state index < -0.39 is 0 Å². The highest BCUT2D eigenvalue weighted by atomic mass is 35.5. The number of hydrogen-bond acceptors (Lipinski definition) is 4. The van der Waals surface area contributed by atoms with Crippen molar-refractivity contribution in [3.63, 3.8) is 0 Å². The summed E-state index contributed by atoms with van der Waals surface area (Å²) in [5.74, 6) is 1.17. The number of nitrogens with zero attached hydrogens (tertiary/aromatic N) is 2. The lowest BCUT2D eigenvalue weighted by Gasteiger charge is -2.09. The molecule has 1 heterocycles. The highest BCUT2D eigenvalue weighted by Gasteiger charge is 2.03. The highest BCUT2D eigenvalue weighted by Crippen LogP contribution is 2.25. The van der Waals surface area contributed by atoms with Crippen LogP contribution in [0.5, 0.6) is 5.75 Å². The standard InChI is InChI=1S/C11H10ClN3O/c1-16-9-5-3-2-4-8(9)14-11-13-7-6-10(12)15-11/h2-7H,1H3,(H,13,14,15). The average Bonchev–Trinajstić information content (AvgIpc) is 2.30. The number of aromatic nitrogens is 2. The van der Waals surface area contributed by atoms with Crippen molar-refractivity contribution in [2.45, 2.75) is 0 Å². The minimum Gasteiger partial charge on any atom is -0.495 e. The Kier molecular flexibility index (Phi) is 3.22. The molecule has 0 saturated carbocycles. The third-order valence-electron chi connectivity index (χ3n) is 1.98. The summed E-state index contributed by atoms with van der Waals surface area (Å²) >= 11 is 5.76. The molecule has 2 aromatic rings. The van der Waals surface area contributed by atoms with Gasteiger partial charge in [0.05, 0.1) is 12.8 Å². The van der Waals surface area contributed by atoms with Crippen LogP contribution in [-0.2, 0) is 0 Å². The quantitative estimate of drug-likeness (QED) is 0.831.